The maximum Gasteiger partial charge on any atom is 0.336 e. The fourth-order valence-corrected chi connectivity index (χ4v) is 2.81. The summed E-state index contributed by atoms with van der Waals surface area (Å²) in [7, 11) is 0. The van der Waals surface area contributed by atoms with Gasteiger partial charge in [-0.25, -0.2) is 4.79 Å². The van der Waals surface area contributed by atoms with Crippen LogP contribution in [0.15, 0.2) is 76.5 Å². The number of aliphatic carboxylic acids is 1. The Hall–Kier alpha value is -3.60. The molecular weight excluding hydrogens is 320 g/mol. The molecule has 0 amide bonds. The molecule has 0 atom stereocenters. The Labute approximate surface area is 142 Å². The van der Waals surface area contributed by atoms with E-state index in [9.17, 15) is 19.8 Å². The Balaban J connectivity index is 2.59. The Morgan fingerprint density at radius 2 is 1.84 bits per heavy atom. The second kappa shape index (κ2) is 6.13. The van der Waals surface area contributed by atoms with Crippen molar-refractivity contribution in [1.29, 1.82) is 0 Å². The summed E-state index contributed by atoms with van der Waals surface area (Å²) in [6.45, 7) is 7.29. The highest BCUT2D eigenvalue weighted by atomic mass is 16.4. The Bertz CT molecular complexity index is 1080. The minimum atomic E-state index is -1.15. The van der Waals surface area contributed by atoms with Gasteiger partial charge in [-0.15, -0.1) is 0 Å². The van der Waals surface area contributed by atoms with Gasteiger partial charge in [0.25, 0.3) is 0 Å². The minimum absolute atomic E-state index is 0.00820. The molecule has 2 aliphatic rings. The lowest BCUT2D eigenvalue weighted by Gasteiger charge is -2.16. The zero-order valence-corrected chi connectivity index (χ0v) is 13.2. The van der Waals surface area contributed by atoms with Crippen LogP contribution in [0.1, 0.15) is 5.56 Å². The highest BCUT2D eigenvalue weighted by Crippen LogP contribution is 2.39. The van der Waals surface area contributed by atoms with Crippen molar-refractivity contribution in [2.45, 2.75) is 0 Å². The average molecular weight is 334 g/mol. The topological polar surface area (TPSA) is 87.7 Å². The second-order valence-electron chi connectivity index (χ2n) is 5.36. The number of hydrogen-bond acceptors (Lipinski definition) is 4. The minimum Gasteiger partial charge on any atom is -0.508 e. The largest absolute Gasteiger partial charge is 0.508 e. The van der Waals surface area contributed by atoms with Crippen molar-refractivity contribution in [3.63, 3.8) is 0 Å². The van der Waals surface area contributed by atoms with Crippen molar-refractivity contribution in [1.82, 2.24) is 0 Å². The molecule has 0 saturated carbocycles. The number of fused-ring (bicyclic) bond motifs is 2. The molecule has 25 heavy (non-hydrogen) atoms. The third-order valence-corrected chi connectivity index (χ3v) is 3.88. The van der Waals surface area contributed by atoms with Crippen LogP contribution in [-0.4, -0.2) is 16.2 Å². The van der Waals surface area contributed by atoms with E-state index in [1.807, 2.05) is 0 Å². The van der Waals surface area contributed by atoms with Crippen molar-refractivity contribution >= 4 is 22.5 Å². The molecule has 0 aromatic heterocycles. The molecule has 5 nitrogen and oxygen atoms in total. The van der Waals surface area contributed by atoms with Gasteiger partial charge in [0.15, 0.2) is 5.43 Å². The smallest absolute Gasteiger partial charge is 0.336 e. The number of rotatable bonds is 4. The van der Waals surface area contributed by atoms with E-state index in [0.717, 1.165) is 0 Å². The van der Waals surface area contributed by atoms with Gasteiger partial charge < -0.3 is 14.6 Å². The molecule has 0 unspecified atom stereocenters. The van der Waals surface area contributed by atoms with Crippen LogP contribution >= 0.6 is 0 Å². The number of benzene rings is 2. The standard InChI is InChI=1S/C20H14O5/c1-3-13(14(4-2)20(23)24)19-15-7-5-11(21)9-17(15)25-18-10-12(22)6-8-16(18)19/h3-10,21H,1-2H2,(H,23,24)/b14-13-. The highest BCUT2D eigenvalue weighted by molar-refractivity contribution is 6.08. The van der Waals surface area contributed by atoms with E-state index in [1.54, 1.807) is 12.1 Å². The lowest BCUT2D eigenvalue weighted by Crippen LogP contribution is -2.05. The monoisotopic (exact) mass is 334 g/mol. The third kappa shape index (κ3) is 2.72. The lowest BCUT2D eigenvalue weighted by molar-refractivity contribution is -0.132. The van der Waals surface area contributed by atoms with Crippen LogP contribution in [0.5, 0.6) is 5.75 Å². The van der Waals surface area contributed by atoms with Gasteiger partial charge in [0.05, 0.1) is 5.57 Å². The van der Waals surface area contributed by atoms with E-state index in [2.05, 4.69) is 13.2 Å². The van der Waals surface area contributed by atoms with E-state index in [4.69, 9.17) is 4.42 Å². The Kier molecular flexibility index (Phi) is 3.99. The Morgan fingerprint density at radius 1 is 1.08 bits per heavy atom. The predicted molar refractivity (Wildman–Crippen MR) is 95.7 cm³/mol. The number of phenolic OH excluding ortho intramolecular Hbond substituents is 1. The maximum atomic E-state index is 11.7. The molecule has 1 aromatic carbocycles. The van der Waals surface area contributed by atoms with Crippen molar-refractivity contribution in [3.05, 3.63) is 83.1 Å². The van der Waals surface area contributed by atoms with E-state index in [0.29, 0.717) is 27.7 Å². The van der Waals surface area contributed by atoms with Crippen LogP contribution in [0.2, 0.25) is 0 Å². The van der Waals surface area contributed by atoms with Gasteiger partial charge in [-0.2, -0.15) is 0 Å². The SMILES string of the molecule is C=C/C(C(=O)O)=C(\C=C)c1c2ccc(=O)cc-2oc2cc(O)ccc12. The third-order valence-electron chi connectivity index (χ3n) is 3.88. The summed E-state index contributed by atoms with van der Waals surface area (Å²) in [4.78, 5) is 23.3. The summed E-state index contributed by atoms with van der Waals surface area (Å²) >= 11 is 0. The van der Waals surface area contributed by atoms with E-state index in [1.165, 1.54) is 36.4 Å². The highest BCUT2D eigenvalue weighted by Gasteiger charge is 2.21. The predicted octanol–water partition coefficient (Wildman–Crippen LogP) is 3.81. The molecule has 1 aliphatic heterocycles. The molecule has 0 bridgehead atoms. The molecule has 3 rings (SSSR count). The van der Waals surface area contributed by atoms with E-state index in [-0.39, 0.29) is 22.5 Å². The first-order valence-electron chi connectivity index (χ1n) is 7.38. The number of carbonyl (C=O) groups is 1. The molecule has 0 radical (unpaired) electrons. The van der Waals surface area contributed by atoms with Crippen LogP contribution in [0, 0.1) is 0 Å². The van der Waals surface area contributed by atoms with Gasteiger partial charge in [0, 0.05) is 28.6 Å². The van der Waals surface area contributed by atoms with Gasteiger partial charge >= 0.3 is 5.97 Å². The lowest BCUT2D eigenvalue weighted by atomic mass is 9.90. The van der Waals surface area contributed by atoms with Gasteiger partial charge in [0.2, 0.25) is 0 Å². The summed E-state index contributed by atoms with van der Waals surface area (Å²) < 4.78 is 5.73. The number of carboxylic acids is 1. The first-order valence-corrected chi connectivity index (χ1v) is 7.38. The molecule has 124 valence electrons. The number of carboxylic acid groups (broad SMARTS) is 1. The summed E-state index contributed by atoms with van der Waals surface area (Å²) in [5.74, 6) is -0.869. The van der Waals surface area contributed by atoms with Crippen molar-refractivity contribution < 1.29 is 19.4 Å². The molecule has 0 fully saturated rings. The molecule has 1 aromatic rings. The number of aromatic hydroxyl groups is 1. The molecule has 1 heterocycles. The van der Waals surface area contributed by atoms with Crippen LogP contribution in [0.4, 0.5) is 0 Å². The van der Waals surface area contributed by atoms with Crippen molar-refractivity contribution in [2.75, 3.05) is 0 Å². The van der Waals surface area contributed by atoms with Crippen LogP contribution < -0.4 is 5.43 Å². The summed E-state index contributed by atoms with van der Waals surface area (Å²) in [5.41, 5.74) is 1.51. The van der Waals surface area contributed by atoms with Crippen molar-refractivity contribution in [3.8, 4) is 17.1 Å². The number of hydrogen-bond donors (Lipinski definition) is 2. The molecular formula is C20H14O5. The molecule has 1 aliphatic carbocycles. The number of allylic oxidation sites excluding steroid dienone is 2. The summed E-state index contributed by atoms with van der Waals surface area (Å²) in [5, 5.41) is 19.8. The molecule has 0 saturated heterocycles. The zero-order valence-electron chi connectivity index (χ0n) is 13.2. The van der Waals surface area contributed by atoms with Gasteiger partial charge in [-0.1, -0.05) is 25.3 Å². The maximum absolute atomic E-state index is 11.7. The van der Waals surface area contributed by atoms with Gasteiger partial charge in [-0.05, 0) is 29.8 Å². The summed E-state index contributed by atoms with van der Waals surface area (Å²) in [6, 6.07) is 8.78. The second-order valence-corrected chi connectivity index (χ2v) is 5.36. The van der Waals surface area contributed by atoms with Gasteiger partial charge in [0.1, 0.15) is 17.1 Å². The average Bonchev–Trinajstić information content (AvgIpc) is 2.57. The van der Waals surface area contributed by atoms with Crippen LogP contribution in [0.25, 0.3) is 27.9 Å². The van der Waals surface area contributed by atoms with Crippen LogP contribution in [0.3, 0.4) is 0 Å². The normalized spacial score (nSPS) is 12.0. The fraction of sp³-hybridized carbons (Fsp3) is 0. The summed E-state index contributed by atoms with van der Waals surface area (Å²) in [6.07, 6.45) is 2.67. The fourth-order valence-electron chi connectivity index (χ4n) is 2.81. The Morgan fingerprint density at radius 3 is 2.48 bits per heavy atom. The van der Waals surface area contributed by atoms with E-state index < -0.39 is 5.97 Å². The van der Waals surface area contributed by atoms with Gasteiger partial charge in [-0.3, -0.25) is 4.79 Å². The zero-order chi connectivity index (χ0) is 18.1. The first kappa shape index (κ1) is 16.3. The number of phenols is 1. The molecule has 0 spiro atoms. The first-order chi connectivity index (χ1) is 12.0. The van der Waals surface area contributed by atoms with Crippen LogP contribution in [-0.2, 0) is 4.79 Å². The molecule has 5 heteroatoms. The molecule has 2 N–H and O–H groups in total. The quantitative estimate of drug-likeness (QED) is 0.430. The van der Waals surface area contributed by atoms with Crippen molar-refractivity contribution in [2.24, 2.45) is 0 Å². The van der Waals surface area contributed by atoms with E-state index >= 15 is 0 Å².